The van der Waals surface area contributed by atoms with E-state index in [9.17, 15) is 31.1 Å². The molecule has 0 bridgehead atoms. The lowest BCUT2D eigenvalue weighted by molar-refractivity contribution is -0.143. The molecular weight excluding hydrogens is 504 g/mol. The van der Waals surface area contributed by atoms with Gasteiger partial charge < -0.3 is 19.1 Å². The Labute approximate surface area is 207 Å². The number of fused-ring (bicyclic) bond motifs is 2. The number of para-hydroxylation sites is 2. The highest BCUT2D eigenvalue weighted by atomic mass is 19.4. The number of carbonyl (C=O) groups excluding carboxylic acids is 1. The van der Waals surface area contributed by atoms with Crippen LogP contribution in [0.1, 0.15) is 38.2 Å². The molecule has 0 fully saturated rings. The van der Waals surface area contributed by atoms with Gasteiger partial charge in [-0.05, 0) is 41.5 Å². The molecule has 0 spiro atoms. The average molecular weight is 523 g/mol. The van der Waals surface area contributed by atoms with E-state index >= 15 is 0 Å². The number of alkyl halides is 6. The molecule has 0 saturated heterocycles. The lowest BCUT2D eigenvalue weighted by Gasteiger charge is -2.25. The van der Waals surface area contributed by atoms with Crippen LogP contribution in [0.4, 0.5) is 26.3 Å². The van der Waals surface area contributed by atoms with Gasteiger partial charge in [0.15, 0.2) is 11.5 Å². The molecule has 0 aliphatic carbocycles. The van der Waals surface area contributed by atoms with E-state index in [1.165, 1.54) is 11.0 Å². The summed E-state index contributed by atoms with van der Waals surface area (Å²) < 4.78 is 97.1. The molecule has 1 amide bonds. The van der Waals surface area contributed by atoms with E-state index in [2.05, 4.69) is 0 Å². The molecule has 5 rings (SSSR count). The van der Waals surface area contributed by atoms with Crippen molar-refractivity contribution >= 4 is 5.91 Å². The summed E-state index contributed by atoms with van der Waals surface area (Å²) in [4.78, 5) is 14.9. The molecule has 11 heteroatoms. The van der Waals surface area contributed by atoms with Crippen molar-refractivity contribution in [2.75, 3.05) is 13.4 Å². The van der Waals surface area contributed by atoms with E-state index in [1.54, 1.807) is 30.3 Å². The third-order valence-electron chi connectivity index (χ3n) is 6.09. The molecule has 0 radical (unpaired) electrons. The van der Waals surface area contributed by atoms with Crippen LogP contribution in [-0.2, 0) is 31.9 Å². The Morgan fingerprint density at radius 1 is 0.811 bits per heavy atom. The van der Waals surface area contributed by atoms with Gasteiger partial charge in [0.1, 0.15) is 5.75 Å². The second-order valence-electron chi connectivity index (χ2n) is 8.62. The summed E-state index contributed by atoms with van der Waals surface area (Å²) in [6.07, 6.45) is -9.44. The van der Waals surface area contributed by atoms with Gasteiger partial charge in [0.25, 0.3) is 5.91 Å². The van der Waals surface area contributed by atoms with Gasteiger partial charge in [-0.25, -0.2) is 0 Å². The van der Waals surface area contributed by atoms with Crippen molar-refractivity contribution in [2.45, 2.75) is 31.9 Å². The minimum Gasteiger partial charge on any atom is -0.492 e. The van der Waals surface area contributed by atoms with Crippen molar-refractivity contribution in [3.63, 3.8) is 0 Å². The zero-order chi connectivity index (χ0) is 26.4. The minimum atomic E-state index is -5.01. The number of rotatable bonds is 5. The Balaban J connectivity index is 1.57. The number of benzene rings is 3. The number of halogens is 6. The quantitative estimate of drug-likeness (QED) is 0.372. The fourth-order valence-electron chi connectivity index (χ4n) is 4.41. The number of amides is 1. The standard InChI is InChI=1S/C26H19F6NO4/c27-25(28,29)18-9-15(10-19(11-18)26(30,31)32)12-33(13-17-4-2-6-21-23(17)37-14-36-21)24(34)20-5-1-3-16-7-8-35-22(16)20/h1-6,9-11H,7-8,12-14H2. The molecule has 3 aromatic carbocycles. The zero-order valence-corrected chi connectivity index (χ0v) is 19.1. The van der Waals surface area contributed by atoms with Crippen molar-refractivity contribution in [1.82, 2.24) is 4.90 Å². The van der Waals surface area contributed by atoms with Gasteiger partial charge in [-0.2, -0.15) is 26.3 Å². The molecule has 2 heterocycles. The molecular formula is C26H19F6NO4. The Morgan fingerprint density at radius 2 is 1.51 bits per heavy atom. The van der Waals surface area contributed by atoms with Crippen molar-refractivity contribution in [2.24, 2.45) is 0 Å². The zero-order valence-electron chi connectivity index (χ0n) is 19.1. The molecule has 3 aromatic rings. The molecule has 2 aliphatic heterocycles. The van der Waals surface area contributed by atoms with Crippen molar-refractivity contribution in [3.05, 3.63) is 88.0 Å². The number of carbonyl (C=O) groups is 1. The van der Waals surface area contributed by atoms with Crippen LogP contribution in [-0.4, -0.2) is 24.2 Å². The fraction of sp³-hybridized carbons (Fsp3) is 0.269. The second kappa shape index (κ2) is 9.20. The smallest absolute Gasteiger partial charge is 0.416 e. The Morgan fingerprint density at radius 3 is 2.22 bits per heavy atom. The van der Waals surface area contributed by atoms with Crippen LogP contribution in [0.2, 0.25) is 0 Å². The van der Waals surface area contributed by atoms with E-state index in [-0.39, 0.29) is 30.5 Å². The van der Waals surface area contributed by atoms with E-state index in [0.29, 0.717) is 48.0 Å². The summed E-state index contributed by atoms with van der Waals surface area (Å²) in [5, 5.41) is 0. The summed E-state index contributed by atoms with van der Waals surface area (Å²) in [5.74, 6) is 0.527. The van der Waals surface area contributed by atoms with Gasteiger partial charge in [0.05, 0.1) is 29.8 Å². The third-order valence-corrected chi connectivity index (χ3v) is 6.09. The molecule has 194 valence electrons. The monoisotopic (exact) mass is 523 g/mol. The summed E-state index contributed by atoms with van der Waals surface area (Å²) >= 11 is 0. The van der Waals surface area contributed by atoms with E-state index in [0.717, 1.165) is 5.56 Å². The highest BCUT2D eigenvalue weighted by molar-refractivity contribution is 5.97. The largest absolute Gasteiger partial charge is 0.492 e. The number of hydrogen-bond acceptors (Lipinski definition) is 4. The van der Waals surface area contributed by atoms with Gasteiger partial charge in [-0.1, -0.05) is 24.3 Å². The highest BCUT2D eigenvalue weighted by Gasteiger charge is 2.37. The van der Waals surface area contributed by atoms with Crippen LogP contribution >= 0.6 is 0 Å². The topological polar surface area (TPSA) is 48.0 Å². The van der Waals surface area contributed by atoms with Gasteiger partial charge in [0, 0.05) is 18.5 Å². The molecule has 5 nitrogen and oxygen atoms in total. The molecule has 0 N–H and O–H groups in total. The predicted octanol–water partition coefficient (Wildman–Crippen LogP) is 6.23. The third kappa shape index (κ3) is 5.03. The highest BCUT2D eigenvalue weighted by Crippen LogP contribution is 2.39. The van der Waals surface area contributed by atoms with Crippen LogP contribution in [0.15, 0.2) is 54.6 Å². The maximum absolute atomic E-state index is 13.7. The van der Waals surface area contributed by atoms with Gasteiger partial charge in [-0.3, -0.25) is 4.79 Å². The summed E-state index contributed by atoms with van der Waals surface area (Å²) in [5.41, 5.74) is -1.78. The Hall–Kier alpha value is -3.89. The lowest BCUT2D eigenvalue weighted by atomic mass is 10.0. The first-order chi connectivity index (χ1) is 17.5. The van der Waals surface area contributed by atoms with Crippen molar-refractivity contribution in [3.8, 4) is 17.2 Å². The Kier molecular flexibility index (Phi) is 6.17. The second-order valence-corrected chi connectivity index (χ2v) is 8.62. The number of nitrogens with zero attached hydrogens (tertiary/aromatic N) is 1. The summed E-state index contributed by atoms with van der Waals surface area (Å²) in [6.45, 7) is -0.380. The first-order valence-electron chi connectivity index (χ1n) is 11.2. The fourth-order valence-corrected chi connectivity index (χ4v) is 4.41. The van der Waals surface area contributed by atoms with Crippen molar-refractivity contribution < 1.29 is 45.3 Å². The SMILES string of the molecule is O=C(c1cccc2c1OCC2)N(Cc1cc(C(F)(F)F)cc(C(F)(F)F)c1)Cc1cccc2c1OCO2. The first-order valence-corrected chi connectivity index (χ1v) is 11.2. The minimum absolute atomic E-state index is 0.0527. The van der Waals surface area contributed by atoms with E-state index in [4.69, 9.17) is 14.2 Å². The van der Waals surface area contributed by atoms with Crippen LogP contribution in [0.25, 0.3) is 0 Å². The lowest BCUT2D eigenvalue weighted by Crippen LogP contribution is -2.31. The normalized spacial score (nSPS) is 14.3. The Bertz CT molecular complexity index is 1320. The van der Waals surface area contributed by atoms with Crippen LogP contribution in [0.3, 0.4) is 0 Å². The first kappa shape index (κ1) is 24.8. The van der Waals surface area contributed by atoms with Crippen LogP contribution in [0.5, 0.6) is 17.2 Å². The van der Waals surface area contributed by atoms with Crippen LogP contribution in [0, 0.1) is 0 Å². The molecule has 2 aliphatic rings. The van der Waals surface area contributed by atoms with Gasteiger partial charge in [-0.15, -0.1) is 0 Å². The van der Waals surface area contributed by atoms with Gasteiger partial charge >= 0.3 is 12.4 Å². The van der Waals surface area contributed by atoms with E-state index in [1.807, 2.05) is 0 Å². The molecule has 0 aromatic heterocycles. The van der Waals surface area contributed by atoms with E-state index < -0.39 is 35.9 Å². The predicted molar refractivity (Wildman–Crippen MR) is 118 cm³/mol. The van der Waals surface area contributed by atoms with Crippen LogP contribution < -0.4 is 14.2 Å². The maximum Gasteiger partial charge on any atom is 0.416 e. The molecule has 37 heavy (non-hydrogen) atoms. The summed E-state index contributed by atoms with van der Waals surface area (Å²) in [6, 6.07) is 11.2. The molecule has 0 saturated carbocycles. The number of hydrogen-bond donors (Lipinski definition) is 0. The maximum atomic E-state index is 13.7. The summed E-state index contributed by atoms with van der Waals surface area (Å²) in [7, 11) is 0. The number of ether oxygens (including phenoxy) is 3. The van der Waals surface area contributed by atoms with Gasteiger partial charge in [0.2, 0.25) is 6.79 Å². The molecule has 0 atom stereocenters. The average Bonchev–Trinajstić information content (AvgIpc) is 3.52. The molecule has 0 unspecified atom stereocenters. The van der Waals surface area contributed by atoms with Crippen molar-refractivity contribution in [1.29, 1.82) is 0 Å².